The average molecular weight is 442 g/mol. The van der Waals surface area contributed by atoms with E-state index in [-0.39, 0.29) is 5.91 Å². The van der Waals surface area contributed by atoms with E-state index in [2.05, 4.69) is 10.3 Å². The number of fused-ring (bicyclic) bond motifs is 3. The molecule has 0 aliphatic heterocycles. The molecule has 5 aromatic rings. The summed E-state index contributed by atoms with van der Waals surface area (Å²) in [6.45, 7) is 0.336. The number of amides is 1. The van der Waals surface area contributed by atoms with E-state index in [0.29, 0.717) is 23.0 Å². The number of carbonyl (C=O) groups is 1. The summed E-state index contributed by atoms with van der Waals surface area (Å²) in [7, 11) is 1.62. The van der Waals surface area contributed by atoms with E-state index in [1.54, 1.807) is 7.11 Å². The van der Waals surface area contributed by atoms with Gasteiger partial charge in [0.25, 0.3) is 5.91 Å². The molecular weight excluding hydrogens is 422 g/mol. The van der Waals surface area contributed by atoms with Gasteiger partial charge in [-0.15, -0.1) is 0 Å². The van der Waals surface area contributed by atoms with E-state index in [1.807, 2.05) is 78.9 Å². The van der Waals surface area contributed by atoms with Crippen molar-refractivity contribution >= 4 is 39.3 Å². The van der Waals surface area contributed by atoms with E-state index >= 15 is 0 Å². The highest BCUT2D eigenvalue weighted by Gasteiger charge is 2.17. The lowest BCUT2D eigenvalue weighted by Gasteiger charge is -2.11. The molecule has 5 nitrogen and oxygen atoms in total. The molecule has 2 heterocycles. The van der Waals surface area contributed by atoms with Gasteiger partial charge >= 0.3 is 0 Å². The van der Waals surface area contributed by atoms with Crippen molar-refractivity contribution < 1.29 is 9.53 Å². The molecule has 0 atom stereocenters. The number of ether oxygens (including phenoxy) is 1. The smallest absolute Gasteiger partial charge is 0.270 e. The molecule has 0 fully saturated rings. The zero-order valence-electron chi connectivity index (χ0n) is 17.4. The first-order valence-corrected chi connectivity index (χ1v) is 10.6. The predicted octanol–water partition coefficient (Wildman–Crippen LogP) is 5.98. The Bertz CT molecular complexity index is 1460. The summed E-state index contributed by atoms with van der Waals surface area (Å²) in [5.74, 6) is 0.471. The van der Waals surface area contributed by atoms with Gasteiger partial charge in [-0.3, -0.25) is 4.79 Å². The number of aromatic nitrogens is 2. The molecule has 158 valence electrons. The maximum atomic E-state index is 13.1. The molecule has 3 aromatic carbocycles. The molecule has 2 aromatic heterocycles. The molecule has 32 heavy (non-hydrogen) atoms. The minimum absolute atomic E-state index is 0.258. The van der Waals surface area contributed by atoms with Crippen LogP contribution in [0.4, 0.5) is 0 Å². The maximum absolute atomic E-state index is 13.1. The topological polar surface area (TPSA) is 67.0 Å². The van der Waals surface area contributed by atoms with Crippen LogP contribution >= 0.6 is 11.6 Å². The molecule has 0 bridgehead atoms. The first-order chi connectivity index (χ1) is 15.6. The van der Waals surface area contributed by atoms with Crippen LogP contribution in [0.25, 0.3) is 33.1 Å². The fourth-order valence-electron chi connectivity index (χ4n) is 3.92. The van der Waals surface area contributed by atoms with Crippen molar-refractivity contribution in [2.75, 3.05) is 7.11 Å². The summed E-state index contributed by atoms with van der Waals surface area (Å²) in [5.41, 5.74) is 4.62. The molecular formula is C26H20ClN3O2. The number of hydrogen-bond acceptors (Lipinski definition) is 3. The fourth-order valence-corrected chi connectivity index (χ4v) is 4.11. The van der Waals surface area contributed by atoms with Crippen LogP contribution in [0.3, 0.4) is 0 Å². The van der Waals surface area contributed by atoms with Crippen molar-refractivity contribution in [1.29, 1.82) is 0 Å². The first kappa shape index (κ1) is 20.1. The van der Waals surface area contributed by atoms with Crippen molar-refractivity contribution in [3.05, 3.63) is 95.1 Å². The summed E-state index contributed by atoms with van der Waals surface area (Å²) >= 11 is 6.24. The van der Waals surface area contributed by atoms with E-state index in [4.69, 9.17) is 21.3 Å². The van der Waals surface area contributed by atoms with Gasteiger partial charge in [0.1, 0.15) is 11.4 Å². The minimum atomic E-state index is -0.258. The second kappa shape index (κ2) is 8.36. The second-order valence-corrected chi connectivity index (χ2v) is 7.89. The van der Waals surface area contributed by atoms with Gasteiger partial charge in [0.2, 0.25) is 0 Å². The van der Waals surface area contributed by atoms with Gasteiger partial charge in [0, 0.05) is 39.0 Å². The van der Waals surface area contributed by atoms with E-state index < -0.39 is 0 Å². The third kappa shape index (κ3) is 3.67. The molecule has 0 spiro atoms. The lowest BCUT2D eigenvalue weighted by atomic mass is 10.1. The summed E-state index contributed by atoms with van der Waals surface area (Å²) in [6, 6.07) is 24.9. The Kier molecular flexibility index (Phi) is 5.25. The summed E-state index contributed by atoms with van der Waals surface area (Å²) < 4.78 is 5.38. The van der Waals surface area contributed by atoms with Crippen LogP contribution in [-0.4, -0.2) is 23.0 Å². The largest absolute Gasteiger partial charge is 0.496 e. The quantitative estimate of drug-likeness (QED) is 0.353. The number of benzene rings is 3. The number of rotatable bonds is 5. The number of para-hydroxylation sites is 2. The standard InChI is InChI=1S/C26H20ClN3O2/c1-32-23-12-5-2-7-17(23)15-28-26(31)22-14-20-19-10-3-4-11-21(19)29-25(20)24(30-22)16-8-6-9-18(27)13-16/h2-14,29H,15H2,1H3,(H,28,31). The summed E-state index contributed by atoms with van der Waals surface area (Å²) in [5, 5.41) is 5.55. The van der Waals surface area contributed by atoms with Gasteiger partial charge < -0.3 is 15.0 Å². The number of hydrogen-bond donors (Lipinski definition) is 2. The molecule has 0 unspecified atom stereocenters. The first-order valence-electron chi connectivity index (χ1n) is 10.2. The van der Waals surface area contributed by atoms with Gasteiger partial charge in [0.05, 0.1) is 18.3 Å². The summed E-state index contributed by atoms with van der Waals surface area (Å²) in [4.78, 5) is 21.3. The molecule has 0 aliphatic rings. The highest BCUT2D eigenvalue weighted by Crippen LogP contribution is 2.33. The monoisotopic (exact) mass is 441 g/mol. The summed E-state index contributed by atoms with van der Waals surface area (Å²) in [6.07, 6.45) is 0. The Morgan fingerprint density at radius 2 is 1.81 bits per heavy atom. The normalized spacial score (nSPS) is 11.1. The fraction of sp³-hybridized carbons (Fsp3) is 0.0769. The number of methoxy groups -OCH3 is 1. The highest BCUT2D eigenvalue weighted by molar-refractivity contribution is 6.31. The van der Waals surface area contributed by atoms with Crippen LogP contribution in [0.1, 0.15) is 16.1 Å². The van der Waals surface area contributed by atoms with Crippen LogP contribution in [0.2, 0.25) is 5.02 Å². The molecule has 0 saturated carbocycles. The predicted molar refractivity (Wildman–Crippen MR) is 128 cm³/mol. The Morgan fingerprint density at radius 1 is 1.00 bits per heavy atom. The van der Waals surface area contributed by atoms with Gasteiger partial charge in [0.15, 0.2) is 0 Å². The van der Waals surface area contributed by atoms with Crippen molar-refractivity contribution in [2.24, 2.45) is 0 Å². The zero-order chi connectivity index (χ0) is 22.1. The molecule has 6 heteroatoms. The molecule has 0 radical (unpaired) electrons. The number of aromatic amines is 1. The molecule has 0 saturated heterocycles. The Hall–Kier alpha value is -3.83. The maximum Gasteiger partial charge on any atom is 0.270 e. The van der Waals surface area contributed by atoms with E-state index in [9.17, 15) is 4.79 Å². The lowest BCUT2D eigenvalue weighted by Crippen LogP contribution is -2.24. The number of pyridine rings is 1. The van der Waals surface area contributed by atoms with E-state index in [0.717, 1.165) is 38.7 Å². The van der Waals surface area contributed by atoms with Crippen LogP contribution in [0, 0.1) is 0 Å². The lowest BCUT2D eigenvalue weighted by molar-refractivity contribution is 0.0946. The van der Waals surface area contributed by atoms with Gasteiger partial charge in [-0.1, -0.05) is 60.1 Å². The van der Waals surface area contributed by atoms with E-state index in [1.165, 1.54) is 0 Å². The minimum Gasteiger partial charge on any atom is -0.496 e. The van der Waals surface area contributed by atoms with Crippen LogP contribution in [-0.2, 0) is 6.54 Å². The molecule has 5 rings (SSSR count). The van der Waals surface area contributed by atoms with Crippen LogP contribution in [0.15, 0.2) is 78.9 Å². The molecule has 2 N–H and O–H groups in total. The number of H-pyrrole nitrogens is 1. The average Bonchev–Trinajstić information content (AvgIpc) is 3.20. The van der Waals surface area contributed by atoms with Crippen LogP contribution < -0.4 is 10.1 Å². The van der Waals surface area contributed by atoms with Crippen molar-refractivity contribution in [1.82, 2.24) is 15.3 Å². The van der Waals surface area contributed by atoms with Gasteiger partial charge in [-0.25, -0.2) is 4.98 Å². The van der Waals surface area contributed by atoms with Crippen molar-refractivity contribution in [3.8, 4) is 17.0 Å². The second-order valence-electron chi connectivity index (χ2n) is 7.45. The zero-order valence-corrected chi connectivity index (χ0v) is 18.1. The van der Waals surface area contributed by atoms with Crippen molar-refractivity contribution in [3.63, 3.8) is 0 Å². The van der Waals surface area contributed by atoms with Crippen molar-refractivity contribution in [2.45, 2.75) is 6.54 Å². The third-order valence-electron chi connectivity index (χ3n) is 5.46. The van der Waals surface area contributed by atoms with Gasteiger partial charge in [-0.05, 0) is 30.3 Å². The Balaban J connectivity index is 1.60. The third-order valence-corrected chi connectivity index (χ3v) is 5.69. The van der Waals surface area contributed by atoms with Crippen LogP contribution in [0.5, 0.6) is 5.75 Å². The Morgan fingerprint density at radius 3 is 2.66 bits per heavy atom. The number of carbonyl (C=O) groups excluding carboxylic acids is 1. The SMILES string of the molecule is COc1ccccc1CNC(=O)c1cc2c([nH]c3ccccc32)c(-c2cccc(Cl)c2)n1. The number of nitrogens with zero attached hydrogens (tertiary/aromatic N) is 1. The Labute approximate surface area is 190 Å². The highest BCUT2D eigenvalue weighted by atomic mass is 35.5. The number of nitrogens with one attached hydrogen (secondary N) is 2. The molecule has 0 aliphatic carbocycles. The molecule has 1 amide bonds. The number of halogens is 1. The van der Waals surface area contributed by atoms with Gasteiger partial charge in [-0.2, -0.15) is 0 Å².